The molecule has 5 nitrogen and oxygen atoms in total. The summed E-state index contributed by atoms with van der Waals surface area (Å²) in [5.74, 6) is 1.49. The number of nitrogens with zero attached hydrogens (tertiary/aromatic N) is 1. The van der Waals surface area contributed by atoms with Crippen LogP contribution in [-0.2, 0) is 9.47 Å². The summed E-state index contributed by atoms with van der Waals surface area (Å²) < 4.78 is 11.1. The van der Waals surface area contributed by atoms with Crippen molar-refractivity contribution in [2.75, 3.05) is 46.6 Å². The number of hydrogen-bond acceptors (Lipinski definition) is 3. The summed E-state index contributed by atoms with van der Waals surface area (Å²) in [6, 6.07) is 0. The molecule has 25 heavy (non-hydrogen) atoms. The van der Waals surface area contributed by atoms with Crippen LogP contribution >= 0.6 is 24.0 Å². The maximum Gasteiger partial charge on any atom is 0.190 e. The number of aliphatic imine (C=N–C) groups is 1. The first-order valence-corrected chi connectivity index (χ1v) is 9.67. The summed E-state index contributed by atoms with van der Waals surface area (Å²) in [4.78, 5) is 4.31. The minimum Gasteiger partial charge on any atom is -0.381 e. The smallest absolute Gasteiger partial charge is 0.190 e. The molecule has 0 bridgehead atoms. The highest BCUT2D eigenvalue weighted by molar-refractivity contribution is 14.0. The fourth-order valence-corrected chi connectivity index (χ4v) is 2.83. The summed E-state index contributed by atoms with van der Waals surface area (Å²) in [6.07, 6.45) is 7.30. The first kappa shape index (κ1) is 24.9. The summed E-state index contributed by atoms with van der Waals surface area (Å²) in [5, 5.41) is 6.83. The van der Waals surface area contributed by atoms with Crippen LogP contribution < -0.4 is 10.6 Å². The zero-order valence-electron chi connectivity index (χ0n) is 16.7. The van der Waals surface area contributed by atoms with Gasteiger partial charge in [0.15, 0.2) is 5.96 Å². The molecule has 0 aliphatic carbocycles. The first-order chi connectivity index (χ1) is 11.6. The molecule has 2 N–H and O–H groups in total. The van der Waals surface area contributed by atoms with E-state index < -0.39 is 0 Å². The maximum atomic E-state index is 5.72. The lowest BCUT2D eigenvalue weighted by molar-refractivity contribution is 0.0888. The number of nitrogens with one attached hydrogen (secondary N) is 2. The van der Waals surface area contributed by atoms with Gasteiger partial charge in [0.05, 0.1) is 13.2 Å². The third-order valence-corrected chi connectivity index (χ3v) is 4.55. The second kappa shape index (κ2) is 15.0. The number of unbranched alkanes of at least 4 members (excludes halogenated alkanes) is 2. The molecule has 0 radical (unpaired) electrons. The van der Waals surface area contributed by atoms with Crippen LogP contribution in [0.3, 0.4) is 0 Å². The third-order valence-electron chi connectivity index (χ3n) is 4.55. The molecular weight excluding hydrogens is 429 g/mol. The van der Waals surface area contributed by atoms with Crippen molar-refractivity contribution >= 4 is 29.9 Å². The van der Waals surface area contributed by atoms with E-state index in [2.05, 4.69) is 36.4 Å². The third kappa shape index (κ3) is 12.8. The van der Waals surface area contributed by atoms with Crippen molar-refractivity contribution in [1.29, 1.82) is 0 Å². The molecule has 1 unspecified atom stereocenters. The Kier molecular flexibility index (Phi) is 15.0. The van der Waals surface area contributed by atoms with Crippen LogP contribution in [0.5, 0.6) is 0 Å². The Bertz CT molecular complexity index is 346. The van der Waals surface area contributed by atoms with E-state index in [4.69, 9.17) is 9.47 Å². The fraction of sp³-hybridized carbons (Fsp3) is 0.947. The normalized spacial score (nSPS) is 18.1. The van der Waals surface area contributed by atoms with Gasteiger partial charge in [-0.1, -0.05) is 40.0 Å². The average Bonchev–Trinajstić information content (AvgIpc) is 3.07. The molecule has 1 rings (SSSR count). The van der Waals surface area contributed by atoms with Gasteiger partial charge in [0.1, 0.15) is 0 Å². The lowest BCUT2D eigenvalue weighted by atomic mass is 9.87. The summed E-state index contributed by atoms with van der Waals surface area (Å²) >= 11 is 0. The Balaban J connectivity index is 0.00000576. The molecule has 1 saturated heterocycles. The highest BCUT2D eigenvalue weighted by atomic mass is 127. The van der Waals surface area contributed by atoms with Gasteiger partial charge >= 0.3 is 0 Å². The molecular formula is C19H40IN3O2. The zero-order valence-corrected chi connectivity index (χ0v) is 19.1. The van der Waals surface area contributed by atoms with E-state index in [1.54, 1.807) is 0 Å². The van der Waals surface area contributed by atoms with Gasteiger partial charge in [0, 0.05) is 39.3 Å². The Morgan fingerprint density at radius 3 is 2.68 bits per heavy atom. The molecule has 1 aliphatic heterocycles. The average molecular weight is 469 g/mol. The molecule has 1 heterocycles. The summed E-state index contributed by atoms with van der Waals surface area (Å²) in [6.45, 7) is 12.1. The van der Waals surface area contributed by atoms with Gasteiger partial charge in [0.2, 0.25) is 0 Å². The van der Waals surface area contributed by atoms with E-state index in [9.17, 15) is 0 Å². The van der Waals surface area contributed by atoms with E-state index in [1.165, 1.54) is 25.7 Å². The molecule has 0 aromatic carbocycles. The van der Waals surface area contributed by atoms with E-state index in [1.807, 2.05) is 7.05 Å². The van der Waals surface area contributed by atoms with E-state index in [0.717, 1.165) is 58.3 Å². The van der Waals surface area contributed by atoms with E-state index >= 15 is 0 Å². The first-order valence-electron chi connectivity index (χ1n) is 9.67. The van der Waals surface area contributed by atoms with Crippen molar-refractivity contribution in [3.8, 4) is 0 Å². The van der Waals surface area contributed by atoms with Gasteiger partial charge in [-0.3, -0.25) is 4.99 Å². The fourth-order valence-electron chi connectivity index (χ4n) is 2.83. The standard InChI is InChI=1S/C19H39N3O2.HI/c1-5-6-7-10-19(2,3)16-22-18(20-4)21-11-8-12-23-14-17-9-13-24-15-17;/h17H,5-16H2,1-4H3,(H2,20,21,22);1H. The van der Waals surface area contributed by atoms with Crippen molar-refractivity contribution in [2.45, 2.75) is 59.3 Å². The predicted octanol–water partition coefficient (Wildman–Crippen LogP) is 3.82. The van der Waals surface area contributed by atoms with Crippen molar-refractivity contribution in [3.63, 3.8) is 0 Å². The van der Waals surface area contributed by atoms with Gasteiger partial charge in [-0.05, 0) is 24.7 Å². The van der Waals surface area contributed by atoms with Crippen LogP contribution in [-0.4, -0.2) is 52.5 Å². The summed E-state index contributed by atoms with van der Waals surface area (Å²) in [7, 11) is 1.83. The topological polar surface area (TPSA) is 54.9 Å². The van der Waals surface area contributed by atoms with Crippen molar-refractivity contribution in [2.24, 2.45) is 16.3 Å². The monoisotopic (exact) mass is 469 g/mol. The summed E-state index contributed by atoms with van der Waals surface area (Å²) in [5.41, 5.74) is 0.305. The largest absolute Gasteiger partial charge is 0.381 e. The number of guanidine groups is 1. The highest BCUT2D eigenvalue weighted by Crippen LogP contribution is 2.22. The second-order valence-electron chi connectivity index (χ2n) is 7.63. The Morgan fingerprint density at radius 1 is 1.24 bits per heavy atom. The molecule has 0 aromatic heterocycles. The molecule has 1 atom stereocenters. The number of hydrogen-bond donors (Lipinski definition) is 2. The molecule has 0 saturated carbocycles. The van der Waals surface area contributed by atoms with Crippen molar-refractivity contribution in [3.05, 3.63) is 0 Å². The van der Waals surface area contributed by atoms with Crippen LogP contribution in [0.4, 0.5) is 0 Å². The lowest BCUT2D eigenvalue weighted by Crippen LogP contribution is -2.42. The van der Waals surface area contributed by atoms with Crippen molar-refractivity contribution < 1.29 is 9.47 Å². The van der Waals surface area contributed by atoms with Gasteiger partial charge < -0.3 is 20.1 Å². The van der Waals surface area contributed by atoms with Gasteiger partial charge in [-0.15, -0.1) is 24.0 Å². The SMILES string of the molecule is CCCCCC(C)(C)CNC(=NC)NCCCOCC1CCOC1.I. The van der Waals surface area contributed by atoms with Crippen molar-refractivity contribution in [1.82, 2.24) is 10.6 Å². The van der Waals surface area contributed by atoms with E-state index in [0.29, 0.717) is 11.3 Å². The Hall–Kier alpha value is -0.0800. The van der Waals surface area contributed by atoms with Gasteiger partial charge in [0.25, 0.3) is 0 Å². The minimum absolute atomic E-state index is 0. The van der Waals surface area contributed by atoms with Crippen LogP contribution in [0.2, 0.25) is 0 Å². The van der Waals surface area contributed by atoms with Gasteiger partial charge in [-0.2, -0.15) is 0 Å². The number of halogens is 1. The number of ether oxygens (including phenoxy) is 2. The molecule has 0 amide bonds. The zero-order chi connectivity index (χ0) is 17.7. The Labute approximate surface area is 172 Å². The van der Waals surface area contributed by atoms with Gasteiger partial charge in [-0.25, -0.2) is 0 Å². The highest BCUT2D eigenvalue weighted by Gasteiger charge is 2.17. The quantitative estimate of drug-likeness (QED) is 0.198. The molecule has 6 heteroatoms. The Morgan fingerprint density at radius 2 is 2.04 bits per heavy atom. The van der Waals surface area contributed by atoms with Crippen LogP contribution in [0.15, 0.2) is 4.99 Å². The van der Waals surface area contributed by atoms with Crippen LogP contribution in [0.1, 0.15) is 59.3 Å². The second-order valence-corrected chi connectivity index (χ2v) is 7.63. The molecule has 0 spiro atoms. The van der Waals surface area contributed by atoms with E-state index in [-0.39, 0.29) is 24.0 Å². The lowest BCUT2D eigenvalue weighted by Gasteiger charge is -2.26. The molecule has 0 aromatic rings. The number of rotatable bonds is 12. The molecule has 1 aliphatic rings. The predicted molar refractivity (Wildman–Crippen MR) is 117 cm³/mol. The van der Waals surface area contributed by atoms with Crippen LogP contribution in [0, 0.1) is 11.3 Å². The minimum atomic E-state index is 0. The maximum absolute atomic E-state index is 5.72. The van der Waals surface area contributed by atoms with Crippen LogP contribution in [0.25, 0.3) is 0 Å². The molecule has 150 valence electrons. The molecule has 1 fully saturated rings.